The van der Waals surface area contributed by atoms with E-state index in [1.807, 2.05) is 35.8 Å². The number of rotatable bonds is 6. The lowest BCUT2D eigenvalue weighted by atomic mass is 10.2. The van der Waals surface area contributed by atoms with Gasteiger partial charge in [-0.3, -0.25) is 9.36 Å². The van der Waals surface area contributed by atoms with E-state index in [0.29, 0.717) is 5.16 Å². The maximum Gasteiger partial charge on any atom is 0.313 e. The minimum atomic E-state index is -0.859. The van der Waals surface area contributed by atoms with Crippen LogP contribution >= 0.6 is 11.8 Å². The van der Waals surface area contributed by atoms with Crippen molar-refractivity contribution in [3.05, 3.63) is 36.2 Å². The summed E-state index contributed by atoms with van der Waals surface area (Å²) in [4.78, 5) is 15.1. The maximum absolute atomic E-state index is 10.7. The number of aromatic nitrogens is 2. The molecular formula is C14H16N2O3S. The fraction of sp³-hybridized carbons (Fsp3) is 0.286. The molecule has 0 spiro atoms. The minimum absolute atomic E-state index is 0.0185. The zero-order valence-corrected chi connectivity index (χ0v) is 12.2. The highest BCUT2D eigenvalue weighted by atomic mass is 32.2. The van der Waals surface area contributed by atoms with Gasteiger partial charge in [0.1, 0.15) is 5.75 Å². The van der Waals surface area contributed by atoms with Crippen LogP contribution in [0.1, 0.15) is 12.6 Å². The third-order valence-corrected chi connectivity index (χ3v) is 3.75. The van der Waals surface area contributed by atoms with E-state index in [0.717, 1.165) is 23.6 Å². The number of thioether (sulfide) groups is 1. The van der Waals surface area contributed by atoms with E-state index in [2.05, 4.69) is 4.98 Å². The molecule has 6 heteroatoms. The van der Waals surface area contributed by atoms with E-state index in [-0.39, 0.29) is 5.75 Å². The third kappa shape index (κ3) is 2.96. The number of carboxylic acid groups (broad SMARTS) is 1. The van der Waals surface area contributed by atoms with E-state index >= 15 is 0 Å². The van der Waals surface area contributed by atoms with Gasteiger partial charge in [-0.25, -0.2) is 4.98 Å². The number of aryl methyl sites for hydroxylation is 1. The Morgan fingerprint density at radius 3 is 2.85 bits per heavy atom. The number of carboxylic acids is 1. The first-order valence-corrected chi connectivity index (χ1v) is 7.20. The van der Waals surface area contributed by atoms with Crippen molar-refractivity contribution in [2.24, 2.45) is 0 Å². The summed E-state index contributed by atoms with van der Waals surface area (Å²) in [7, 11) is 1.62. The fourth-order valence-electron chi connectivity index (χ4n) is 1.92. The van der Waals surface area contributed by atoms with Crippen LogP contribution in [0.15, 0.2) is 35.6 Å². The van der Waals surface area contributed by atoms with Crippen LogP contribution in [0.3, 0.4) is 0 Å². The number of hydrogen-bond donors (Lipinski definition) is 1. The van der Waals surface area contributed by atoms with Gasteiger partial charge in [-0.1, -0.05) is 30.8 Å². The smallest absolute Gasteiger partial charge is 0.313 e. The first kappa shape index (κ1) is 14.5. The lowest BCUT2D eigenvalue weighted by Gasteiger charge is -2.14. The summed E-state index contributed by atoms with van der Waals surface area (Å²) in [6.07, 6.45) is 2.58. The second-order valence-corrected chi connectivity index (χ2v) is 5.02. The molecule has 20 heavy (non-hydrogen) atoms. The van der Waals surface area contributed by atoms with Crippen molar-refractivity contribution in [2.45, 2.75) is 18.5 Å². The predicted molar refractivity (Wildman–Crippen MR) is 77.9 cm³/mol. The van der Waals surface area contributed by atoms with Gasteiger partial charge in [-0.05, 0) is 18.6 Å². The highest BCUT2D eigenvalue weighted by molar-refractivity contribution is 7.99. The van der Waals surface area contributed by atoms with Crippen LogP contribution in [-0.2, 0) is 11.2 Å². The quantitative estimate of drug-likeness (QED) is 0.829. The summed E-state index contributed by atoms with van der Waals surface area (Å²) in [5.74, 6) is -0.144. The van der Waals surface area contributed by atoms with Gasteiger partial charge in [0.25, 0.3) is 0 Å². The number of benzene rings is 1. The summed E-state index contributed by atoms with van der Waals surface area (Å²) in [6.45, 7) is 2.04. The molecule has 1 N–H and O–H groups in total. The van der Waals surface area contributed by atoms with Gasteiger partial charge in [0.15, 0.2) is 5.16 Å². The van der Waals surface area contributed by atoms with Gasteiger partial charge in [-0.2, -0.15) is 0 Å². The molecule has 0 aliphatic heterocycles. The van der Waals surface area contributed by atoms with Crippen molar-refractivity contribution in [2.75, 3.05) is 12.9 Å². The molecule has 2 aromatic rings. The maximum atomic E-state index is 10.7. The number of imidazole rings is 1. The van der Waals surface area contributed by atoms with Crippen molar-refractivity contribution < 1.29 is 14.6 Å². The van der Waals surface area contributed by atoms with Crippen LogP contribution < -0.4 is 4.74 Å². The molecule has 0 atom stereocenters. The Kier molecular flexibility index (Phi) is 4.68. The zero-order chi connectivity index (χ0) is 14.5. The molecule has 0 aliphatic carbocycles. The zero-order valence-electron chi connectivity index (χ0n) is 11.4. The summed E-state index contributed by atoms with van der Waals surface area (Å²) in [6, 6.07) is 7.63. The molecule has 5 nitrogen and oxygen atoms in total. The van der Waals surface area contributed by atoms with E-state index < -0.39 is 5.97 Å². The third-order valence-electron chi connectivity index (χ3n) is 2.82. The van der Waals surface area contributed by atoms with Crippen LogP contribution in [0.25, 0.3) is 5.69 Å². The summed E-state index contributed by atoms with van der Waals surface area (Å²) in [5.41, 5.74) is 1.89. The lowest BCUT2D eigenvalue weighted by Crippen LogP contribution is -2.05. The number of carbonyl (C=O) groups is 1. The Morgan fingerprint density at radius 1 is 1.45 bits per heavy atom. The van der Waals surface area contributed by atoms with Crippen LogP contribution in [-0.4, -0.2) is 33.5 Å². The highest BCUT2D eigenvalue weighted by Gasteiger charge is 2.15. The summed E-state index contributed by atoms with van der Waals surface area (Å²) >= 11 is 1.20. The molecule has 2 rings (SSSR count). The SMILES string of the molecule is CCc1cnc(SCC(=O)O)n1-c1ccccc1OC. The van der Waals surface area contributed by atoms with Gasteiger partial charge >= 0.3 is 5.97 Å². The Morgan fingerprint density at radius 2 is 2.20 bits per heavy atom. The topological polar surface area (TPSA) is 64.3 Å². The van der Waals surface area contributed by atoms with Crippen molar-refractivity contribution in [3.63, 3.8) is 0 Å². The number of hydrogen-bond acceptors (Lipinski definition) is 4. The van der Waals surface area contributed by atoms with Crippen molar-refractivity contribution >= 4 is 17.7 Å². The largest absolute Gasteiger partial charge is 0.495 e. The predicted octanol–water partition coefficient (Wildman–Crippen LogP) is 2.62. The normalized spacial score (nSPS) is 10.5. The first-order chi connectivity index (χ1) is 9.67. The van der Waals surface area contributed by atoms with Gasteiger partial charge in [0, 0.05) is 11.9 Å². The molecule has 0 amide bonds. The molecule has 1 aromatic carbocycles. The van der Waals surface area contributed by atoms with E-state index in [4.69, 9.17) is 9.84 Å². The average Bonchev–Trinajstić information content (AvgIpc) is 2.87. The molecule has 106 valence electrons. The molecule has 0 fully saturated rings. The lowest BCUT2D eigenvalue weighted by molar-refractivity contribution is -0.133. The number of para-hydroxylation sites is 2. The van der Waals surface area contributed by atoms with Crippen LogP contribution in [0.4, 0.5) is 0 Å². The fourth-order valence-corrected chi connectivity index (χ4v) is 2.64. The number of ether oxygens (including phenoxy) is 1. The minimum Gasteiger partial charge on any atom is -0.495 e. The molecule has 0 unspecified atom stereocenters. The number of methoxy groups -OCH3 is 1. The van der Waals surface area contributed by atoms with E-state index in [9.17, 15) is 4.79 Å². The molecule has 0 saturated heterocycles. The summed E-state index contributed by atoms with van der Waals surface area (Å²) in [5, 5.41) is 9.48. The van der Waals surface area contributed by atoms with Gasteiger partial charge in [-0.15, -0.1) is 0 Å². The average molecular weight is 292 g/mol. The van der Waals surface area contributed by atoms with Crippen molar-refractivity contribution in [3.8, 4) is 11.4 Å². The number of aliphatic carboxylic acids is 1. The van der Waals surface area contributed by atoms with Gasteiger partial charge < -0.3 is 9.84 Å². The van der Waals surface area contributed by atoms with E-state index in [1.54, 1.807) is 13.3 Å². The molecule has 0 aliphatic rings. The standard InChI is InChI=1S/C14H16N2O3S/c1-3-10-8-15-14(20-9-13(17)18)16(10)11-6-4-5-7-12(11)19-2/h4-8H,3,9H2,1-2H3,(H,17,18). The first-order valence-electron chi connectivity index (χ1n) is 6.22. The van der Waals surface area contributed by atoms with Crippen molar-refractivity contribution in [1.82, 2.24) is 9.55 Å². The van der Waals surface area contributed by atoms with Crippen LogP contribution in [0.2, 0.25) is 0 Å². The highest BCUT2D eigenvalue weighted by Crippen LogP contribution is 2.29. The number of nitrogens with zero attached hydrogens (tertiary/aromatic N) is 2. The molecule has 0 bridgehead atoms. The Labute approximate surface area is 121 Å². The molecule has 0 saturated carbocycles. The second kappa shape index (κ2) is 6.47. The summed E-state index contributed by atoms with van der Waals surface area (Å²) < 4.78 is 7.33. The van der Waals surface area contributed by atoms with Gasteiger partial charge in [0.2, 0.25) is 0 Å². The van der Waals surface area contributed by atoms with E-state index in [1.165, 1.54) is 11.8 Å². The van der Waals surface area contributed by atoms with Crippen LogP contribution in [0.5, 0.6) is 5.75 Å². The molecule has 1 heterocycles. The second-order valence-electron chi connectivity index (χ2n) is 4.08. The molecule has 1 aromatic heterocycles. The van der Waals surface area contributed by atoms with Gasteiger partial charge in [0.05, 0.1) is 18.6 Å². The monoisotopic (exact) mass is 292 g/mol. The molecule has 0 radical (unpaired) electrons. The molecular weight excluding hydrogens is 276 g/mol. The Hall–Kier alpha value is -1.95. The van der Waals surface area contributed by atoms with Crippen molar-refractivity contribution in [1.29, 1.82) is 0 Å². The Balaban J connectivity index is 2.47. The van der Waals surface area contributed by atoms with Crippen LogP contribution in [0, 0.1) is 0 Å². The Bertz CT molecular complexity index is 610.